The van der Waals surface area contributed by atoms with Gasteiger partial charge in [-0.3, -0.25) is 0 Å². The molecule has 0 aromatic heterocycles. The third-order valence-corrected chi connectivity index (χ3v) is 3.19. The number of halogens is 1. The van der Waals surface area contributed by atoms with Crippen LogP contribution in [0, 0.1) is 0 Å². The second kappa shape index (κ2) is 6.45. The minimum atomic E-state index is 0.0621. The Balaban J connectivity index is 2.12. The molecular weight excluding hydrogens is 260 g/mol. The summed E-state index contributed by atoms with van der Waals surface area (Å²) >= 11 is 5.87. The van der Waals surface area contributed by atoms with Crippen molar-refractivity contribution >= 4 is 17.3 Å². The molecule has 0 aliphatic heterocycles. The Labute approximate surface area is 118 Å². The maximum Gasteiger partial charge on any atom is 0.118 e. The molecule has 2 aromatic carbocycles. The van der Waals surface area contributed by atoms with Crippen molar-refractivity contribution in [3.63, 3.8) is 0 Å². The number of nitrogens with one attached hydrogen (secondary N) is 1. The van der Waals surface area contributed by atoms with E-state index in [9.17, 15) is 0 Å². The molecule has 0 spiro atoms. The molecule has 0 saturated carbocycles. The summed E-state index contributed by atoms with van der Waals surface area (Å²) in [5.74, 6) is 0.839. The van der Waals surface area contributed by atoms with Crippen molar-refractivity contribution in [1.29, 1.82) is 0 Å². The normalized spacial score (nSPS) is 11.9. The Hall–Kier alpha value is -1.71. The minimum absolute atomic E-state index is 0.0621. The fourth-order valence-electron chi connectivity index (χ4n) is 1.86. The van der Waals surface area contributed by atoms with E-state index in [0.717, 1.165) is 22.0 Å². The second-order valence-electron chi connectivity index (χ2n) is 4.21. The molecule has 4 heteroatoms. The van der Waals surface area contributed by atoms with Crippen LogP contribution in [0.25, 0.3) is 0 Å². The van der Waals surface area contributed by atoms with Gasteiger partial charge in [0.25, 0.3) is 0 Å². The summed E-state index contributed by atoms with van der Waals surface area (Å²) in [5, 5.41) is 4.11. The smallest absolute Gasteiger partial charge is 0.118 e. The van der Waals surface area contributed by atoms with E-state index in [0.29, 0.717) is 6.54 Å². The molecule has 0 saturated heterocycles. The quantitative estimate of drug-likeness (QED) is 0.879. The number of anilines is 1. The number of rotatable bonds is 5. The topological polar surface area (TPSA) is 47.3 Å². The Morgan fingerprint density at radius 1 is 1.11 bits per heavy atom. The van der Waals surface area contributed by atoms with Gasteiger partial charge in [-0.25, -0.2) is 0 Å². The highest BCUT2D eigenvalue weighted by molar-refractivity contribution is 6.30. The van der Waals surface area contributed by atoms with Crippen LogP contribution < -0.4 is 15.8 Å². The maximum atomic E-state index is 5.87. The first-order valence-corrected chi connectivity index (χ1v) is 6.47. The monoisotopic (exact) mass is 276 g/mol. The molecule has 1 atom stereocenters. The van der Waals surface area contributed by atoms with Gasteiger partial charge in [0, 0.05) is 17.3 Å². The first kappa shape index (κ1) is 13.7. The van der Waals surface area contributed by atoms with E-state index >= 15 is 0 Å². The van der Waals surface area contributed by atoms with Crippen LogP contribution in [-0.2, 0) is 0 Å². The molecule has 3 nitrogen and oxygen atoms in total. The van der Waals surface area contributed by atoms with Gasteiger partial charge in [-0.05, 0) is 42.0 Å². The van der Waals surface area contributed by atoms with Crippen molar-refractivity contribution in [2.24, 2.45) is 5.73 Å². The molecule has 0 fully saturated rings. The number of hydrogen-bond donors (Lipinski definition) is 2. The second-order valence-corrected chi connectivity index (χ2v) is 4.65. The van der Waals surface area contributed by atoms with Crippen molar-refractivity contribution in [3.05, 3.63) is 59.1 Å². The standard InChI is InChI=1S/C15H17ClN2O/c1-19-14-8-2-11(3-9-14)15(10-17)18-13-6-4-12(16)5-7-13/h2-9,15,18H,10,17H2,1H3. The molecular formula is C15H17ClN2O. The van der Waals surface area contributed by atoms with Crippen molar-refractivity contribution in [2.75, 3.05) is 19.0 Å². The maximum absolute atomic E-state index is 5.87. The molecule has 0 aliphatic carbocycles. The average Bonchev–Trinajstić information content (AvgIpc) is 2.47. The van der Waals surface area contributed by atoms with Crippen molar-refractivity contribution in [3.8, 4) is 5.75 Å². The largest absolute Gasteiger partial charge is 0.497 e. The van der Waals surface area contributed by atoms with E-state index in [1.807, 2.05) is 48.5 Å². The Bertz CT molecular complexity index is 511. The van der Waals surface area contributed by atoms with Gasteiger partial charge in [-0.1, -0.05) is 23.7 Å². The molecule has 2 rings (SSSR count). The van der Waals surface area contributed by atoms with Crippen molar-refractivity contribution < 1.29 is 4.74 Å². The highest BCUT2D eigenvalue weighted by Gasteiger charge is 2.09. The van der Waals surface area contributed by atoms with Crippen LogP contribution in [0.15, 0.2) is 48.5 Å². The number of benzene rings is 2. The Kier molecular flexibility index (Phi) is 4.66. The van der Waals surface area contributed by atoms with E-state index in [2.05, 4.69) is 5.32 Å². The van der Waals surface area contributed by atoms with Gasteiger partial charge in [-0.15, -0.1) is 0 Å². The van der Waals surface area contributed by atoms with Gasteiger partial charge in [0.1, 0.15) is 5.75 Å². The predicted octanol–water partition coefficient (Wildman–Crippen LogP) is 3.46. The molecule has 1 unspecified atom stereocenters. The van der Waals surface area contributed by atoms with Gasteiger partial charge in [-0.2, -0.15) is 0 Å². The Morgan fingerprint density at radius 2 is 1.74 bits per heavy atom. The summed E-state index contributed by atoms with van der Waals surface area (Å²) in [6.45, 7) is 0.509. The summed E-state index contributed by atoms with van der Waals surface area (Å²) in [5.41, 5.74) is 7.95. The SMILES string of the molecule is COc1ccc(C(CN)Nc2ccc(Cl)cc2)cc1. The van der Waals surface area contributed by atoms with E-state index in [-0.39, 0.29) is 6.04 Å². The van der Waals surface area contributed by atoms with Gasteiger partial charge >= 0.3 is 0 Å². The zero-order valence-corrected chi connectivity index (χ0v) is 11.5. The highest BCUT2D eigenvalue weighted by Crippen LogP contribution is 2.22. The van der Waals surface area contributed by atoms with Crippen LogP contribution in [0.2, 0.25) is 5.02 Å². The van der Waals surface area contributed by atoms with Crippen LogP contribution in [0.1, 0.15) is 11.6 Å². The Morgan fingerprint density at radius 3 is 2.26 bits per heavy atom. The van der Waals surface area contributed by atoms with E-state index in [1.165, 1.54) is 0 Å². The van der Waals surface area contributed by atoms with Crippen LogP contribution in [0.4, 0.5) is 5.69 Å². The summed E-state index contributed by atoms with van der Waals surface area (Å²) in [6.07, 6.45) is 0. The summed E-state index contributed by atoms with van der Waals surface area (Å²) in [7, 11) is 1.65. The highest BCUT2D eigenvalue weighted by atomic mass is 35.5. The van der Waals surface area contributed by atoms with Gasteiger partial charge in [0.15, 0.2) is 0 Å². The zero-order chi connectivity index (χ0) is 13.7. The molecule has 0 bridgehead atoms. The van der Waals surface area contributed by atoms with Gasteiger partial charge < -0.3 is 15.8 Å². The molecule has 2 aromatic rings. The lowest BCUT2D eigenvalue weighted by Gasteiger charge is -2.19. The lowest BCUT2D eigenvalue weighted by atomic mass is 10.1. The third kappa shape index (κ3) is 3.63. The number of hydrogen-bond acceptors (Lipinski definition) is 3. The van der Waals surface area contributed by atoms with Crippen LogP contribution in [-0.4, -0.2) is 13.7 Å². The third-order valence-electron chi connectivity index (χ3n) is 2.94. The molecule has 0 amide bonds. The first-order valence-electron chi connectivity index (χ1n) is 6.09. The summed E-state index contributed by atoms with van der Waals surface area (Å²) < 4.78 is 5.15. The average molecular weight is 277 g/mol. The molecule has 19 heavy (non-hydrogen) atoms. The minimum Gasteiger partial charge on any atom is -0.497 e. The van der Waals surface area contributed by atoms with E-state index < -0.39 is 0 Å². The van der Waals surface area contributed by atoms with E-state index in [1.54, 1.807) is 7.11 Å². The van der Waals surface area contributed by atoms with Crippen molar-refractivity contribution in [2.45, 2.75) is 6.04 Å². The lowest BCUT2D eigenvalue weighted by molar-refractivity contribution is 0.414. The predicted molar refractivity (Wildman–Crippen MR) is 79.9 cm³/mol. The lowest BCUT2D eigenvalue weighted by Crippen LogP contribution is -2.20. The zero-order valence-electron chi connectivity index (χ0n) is 10.8. The summed E-state index contributed by atoms with van der Waals surface area (Å²) in [6, 6.07) is 15.5. The van der Waals surface area contributed by atoms with Gasteiger partial charge in [0.05, 0.1) is 13.2 Å². The molecule has 0 radical (unpaired) electrons. The van der Waals surface area contributed by atoms with Crippen molar-refractivity contribution in [1.82, 2.24) is 0 Å². The first-order chi connectivity index (χ1) is 9.22. The fraction of sp³-hybridized carbons (Fsp3) is 0.200. The molecule has 3 N–H and O–H groups in total. The number of nitrogens with two attached hydrogens (primary N) is 1. The molecule has 100 valence electrons. The number of methoxy groups -OCH3 is 1. The van der Waals surface area contributed by atoms with Crippen LogP contribution >= 0.6 is 11.6 Å². The van der Waals surface area contributed by atoms with E-state index in [4.69, 9.17) is 22.1 Å². The van der Waals surface area contributed by atoms with Crippen LogP contribution in [0.3, 0.4) is 0 Å². The fourth-order valence-corrected chi connectivity index (χ4v) is 1.99. The summed E-state index contributed by atoms with van der Waals surface area (Å²) in [4.78, 5) is 0. The number of ether oxygens (including phenoxy) is 1. The van der Waals surface area contributed by atoms with Gasteiger partial charge in [0.2, 0.25) is 0 Å². The van der Waals surface area contributed by atoms with Crippen LogP contribution in [0.5, 0.6) is 5.75 Å². The molecule has 0 heterocycles. The molecule has 0 aliphatic rings.